The molecule has 30 heavy (non-hydrogen) atoms. The summed E-state index contributed by atoms with van der Waals surface area (Å²) in [6, 6.07) is 8.44. The van der Waals surface area contributed by atoms with Crippen LogP contribution in [0.15, 0.2) is 46.8 Å². The van der Waals surface area contributed by atoms with Gasteiger partial charge < -0.3 is 24.3 Å². The van der Waals surface area contributed by atoms with E-state index in [9.17, 15) is 14.4 Å². The molecule has 0 bridgehead atoms. The Morgan fingerprint density at radius 3 is 1.97 bits per heavy atom. The number of hydrogen-bond donors (Lipinski definition) is 1. The molecule has 1 aromatic rings. The van der Waals surface area contributed by atoms with Crippen molar-refractivity contribution in [3.05, 3.63) is 52.4 Å². The van der Waals surface area contributed by atoms with Gasteiger partial charge in [0, 0.05) is 11.4 Å². The summed E-state index contributed by atoms with van der Waals surface area (Å²) < 4.78 is 20.3. The number of carbonyl (C=O) groups excluding carboxylic acids is 3. The van der Waals surface area contributed by atoms with E-state index in [-0.39, 0.29) is 24.4 Å². The second-order valence-electron chi connectivity index (χ2n) is 6.27. The maximum absolute atomic E-state index is 12.8. The average Bonchev–Trinajstić information content (AvgIpc) is 2.75. The van der Waals surface area contributed by atoms with Gasteiger partial charge in [0.05, 0.1) is 37.0 Å². The van der Waals surface area contributed by atoms with Crippen LogP contribution in [0.25, 0.3) is 0 Å². The van der Waals surface area contributed by atoms with Gasteiger partial charge in [-0.3, -0.25) is 4.79 Å². The minimum Gasteiger partial charge on any atom is -0.490 e. The van der Waals surface area contributed by atoms with Crippen LogP contribution in [0.2, 0.25) is 0 Å². The number of esters is 3. The average molecular weight is 414 g/mol. The van der Waals surface area contributed by atoms with Crippen molar-refractivity contribution < 1.29 is 33.3 Å². The van der Waals surface area contributed by atoms with Gasteiger partial charge in [-0.1, -0.05) is 0 Å². The van der Waals surface area contributed by atoms with Crippen LogP contribution < -0.4 is 10.1 Å². The molecule has 1 aliphatic rings. The highest BCUT2D eigenvalue weighted by Crippen LogP contribution is 2.32. The molecule has 0 atom stereocenters. The van der Waals surface area contributed by atoms with Crippen molar-refractivity contribution in [3.63, 3.8) is 0 Å². The highest BCUT2D eigenvalue weighted by molar-refractivity contribution is 6.05. The highest BCUT2D eigenvalue weighted by atomic mass is 16.6. The van der Waals surface area contributed by atoms with Crippen molar-refractivity contribution >= 4 is 17.9 Å². The molecule has 0 fully saturated rings. The zero-order valence-electron chi connectivity index (χ0n) is 17.1. The topological polar surface area (TPSA) is 124 Å². The molecule has 9 nitrogen and oxygen atoms in total. The van der Waals surface area contributed by atoms with Gasteiger partial charge in [0.2, 0.25) is 0 Å². The molecule has 0 amide bonds. The number of nitriles is 1. The molecule has 0 aromatic heterocycles. The van der Waals surface area contributed by atoms with Crippen molar-refractivity contribution in [3.8, 4) is 11.8 Å². The molecule has 1 aromatic carbocycles. The number of carbonyl (C=O) groups is 3. The van der Waals surface area contributed by atoms with Crippen molar-refractivity contribution in [1.82, 2.24) is 5.32 Å². The summed E-state index contributed by atoms with van der Waals surface area (Å²) in [5.74, 6) is -3.11. The first kappa shape index (κ1) is 22.5. The number of nitrogens with one attached hydrogen (secondary N) is 1. The number of rotatable bonds is 7. The van der Waals surface area contributed by atoms with Gasteiger partial charge in [0.25, 0.3) is 0 Å². The van der Waals surface area contributed by atoms with Gasteiger partial charge in [-0.25, -0.2) is 9.59 Å². The van der Waals surface area contributed by atoms with Crippen LogP contribution in [0.3, 0.4) is 0 Å². The first-order valence-corrected chi connectivity index (χ1v) is 8.98. The lowest BCUT2D eigenvalue weighted by Gasteiger charge is -2.28. The second-order valence-corrected chi connectivity index (χ2v) is 6.27. The SMILES string of the molecule is COC(=O)C1=C(C)NC(C)=C(C(=O)OC)C1C(=O)OCCOc1ccc(C#N)cc1. The standard InChI is InChI=1S/C21H22N2O7/c1-12-16(19(24)27-3)18(17(13(2)23-12)20(25)28-4)21(26)30-10-9-29-15-7-5-14(11-22)6-8-15/h5-8,18,23H,9-10H2,1-4H3. The first-order chi connectivity index (χ1) is 14.3. The molecule has 1 heterocycles. The molecule has 2 rings (SSSR count). The molecular weight excluding hydrogens is 392 g/mol. The van der Waals surface area contributed by atoms with Crippen LogP contribution in [0.4, 0.5) is 0 Å². The van der Waals surface area contributed by atoms with Crippen LogP contribution in [-0.4, -0.2) is 45.3 Å². The maximum atomic E-state index is 12.8. The first-order valence-electron chi connectivity index (χ1n) is 8.98. The predicted molar refractivity (Wildman–Crippen MR) is 104 cm³/mol. The summed E-state index contributed by atoms with van der Waals surface area (Å²) in [6.07, 6.45) is 0. The van der Waals surface area contributed by atoms with E-state index in [1.54, 1.807) is 38.1 Å². The Balaban J connectivity index is 2.13. The van der Waals surface area contributed by atoms with Crippen LogP contribution >= 0.6 is 0 Å². The summed E-state index contributed by atoms with van der Waals surface area (Å²) >= 11 is 0. The Labute approximate surface area is 173 Å². The Bertz CT molecular complexity index is 901. The summed E-state index contributed by atoms with van der Waals surface area (Å²) in [5, 5.41) is 11.7. The lowest BCUT2D eigenvalue weighted by Crippen LogP contribution is -2.38. The van der Waals surface area contributed by atoms with Crippen LogP contribution in [0, 0.1) is 17.2 Å². The number of dihydropyridines is 1. The molecule has 1 aliphatic heterocycles. The number of ether oxygens (including phenoxy) is 4. The van der Waals surface area contributed by atoms with E-state index in [4.69, 9.17) is 24.2 Å². The third-order valence-corrected chi connectivity index (χ3v) is 4.39. The summed E-state index contributed by atoms with van der Waals surface area (Å²) in [4.78, 5) is 37.4. The van der Waals surface area contributed by atoms with Gasteiger partial charge in [0.1, 0.15) is 24.9 Å². The second kappa shape index (κ2) is 10.1. The van der Waals surface area contributed by atoms with Gasteiger partial charge in [-0.15, -0.1) is 0 Å². The molecule has 158 valence electrons. The van der Waals surface area contributed by atoms with Crippen LogP contribution in [0.1, 0.15) is 19.4 Å². The fourth-order valence-electron chi connectivity index (χ4n) is 3.00. The van der Waals surface area contributed by atoms with Gasteiger partial charge in [-0.2, -0.15) is 5.26 Å². The van der Waals surface area contributed by atoms with Gasteiger partial charge in [0.15, 0.2) is 0 Å². The third kappa shape index (κ3) is 4.97. The fourth-order valence-corrected chi connectivity index (χ4v) is 3.00. The zero-order chi connectivity index (χ0) is 22.3. The van der Waals surface area contributed by atoms with E-state index < -0.39 is 23.8 Å². The van der Waals surface area contributed by atoms with Crippen LogP contribution in [0.5, 0.6) is 5.75 Å². The minimum atomic E-state index is -1.29. The molecule has 0 saturated carbocycles. The summed E-state index contributed by atoms with van der Waals surface area (Å²) in [5.41, 5.74) is 1.20. The normalized spacial score (nSPS) is 13.8. The minimum absolute atomic E-state index is 0.0264. The van der Waals surface area contributed by atoms with E-state index in [1.165, 1.54) is 14.2 Å². The van der Waals surface area contributed by atoms with Crippen molar-refractivity contribution in [2.75, 3.05) is 27.4 Å². The highest BCUT2D eigenvalue weighted by Gasteiger charge is 2.42. The van der Waals surface area contributed by atoms with E-state index >= 15 is 0 Å². The molecule has 1 N–H and O–H groups in total. The number of benzene rings is 1. The Kier molecular flexibility index (Phi) is 7.58. The molecule has 0 aliphatic carbocycles. The molecule has 0 unspecified atom stereocenters. The smallest absolute Gasteiger partial charge is 0.336 e. The van der Waals surface area contributed by atoms with E-state index in [2.05, 4.69) is 5.32 Å². The largest absolute Gasteiger partial charge is 0.490 e. The monoisotopic (exact) mass is 414 g/mol. The maximum Gasteiger partial charge on any atom is 0.336 e. The lowest BCUT2D eigenvalue weighted by atomic mass is 9.85. The third-order valence-electron chi connectivity index (χ3n) is 4.39. The van der Waals surface area contributed by atoms with Gasteiger partial charge >= 0.3 is 17.9 Å². The number of methoxy groups -OCH3 is 2. The summed E-state index contributed by atoms with van der Waals surface area (Å²) in [6.45, 7) is 3.11. The van der Waals surface area contributed by atoms with Gasteiger partial charge in [-0.05, 0) is 38.1 Å². The van der Waals surface area contributed by atoms with E-state index in [1.807, 2.05) is 6.07 Å². The molecule has 0 saturated heterocycles. The molecule has 0 radical (unpaired) electrons. The molecular formula is C21H22N2O7. The summed E-state index contributed by atoms with van der Waals surface area (Å²) in [7, 11) is 2.36. The lowest BCUT2D eigenvalue weighted by molar-refractivity contribution is -0.151. The molecule has 0 spiro atoms. The quantitative estimate of drug-likeness (QED) is 0.402. The zero-order valence-corrected chi connectivity index (χ0v) is 17.1. The molecule has 9 heteroatoms. The van der Waals surface area contributed by atoms with E-state index in [0.29, 0.717) is 22.7 Å². The Hall–Kier alpha value is -3.80. The Morgan fingerprint density at radius 2 is 1.50 bits per heavy atom. The number of allylic oxidation sites excluding steroid dienone is 2. The fraction of sp³-hybridized carbons (Fsp3) is 0.333. The number of nitrogens with zero attached hydrogens (tertiary/aromatic N) is 1. The van der Waals surface area contributed by atoms with Crippen molar-refractivity contribution in [1.29, 1.82) is 5.26 Å². The predicted octanol–water partition coefficient (Wildman–Crippen LogP) is 1.59. The van der Waals surface area contributed by atoms with E-state index in [0.717, 1.165) is 0 Å². The number of hydrogen-bond acceptors (Lipinski definition) is 9. The van der Waals surface area contributed by atoms with Crippen molar-refractivity contribution in [2.45, 2.75) is 13.8 Å². The Morgan fingerprint density at radius 1 is 0.967 bits per heavy atom. The van der Waals surface area contributed by atoms with Crippen LogP contribution in [-0.2, 0) is 28.6 Å². The van der Waals surface area contributed by atoms with Crippen molar-refractivity contribution in [2.24, 2.45) is 5.92 Å².